The van der Waals surface area contributed by atoms with E-state index < -0.39 is 28.5 Å². The summed E-state index contributed by atoms with van der Waals surface area (Å²) in [6.45, 7) is 5.22. The van der Waals surface area contributed by atoms with Crippen LogP contribution in [0.4, 0.5) is 5.69 Å². The monoisotopic (exact) mass is 603 g/mol. The molecule has 0 aliphatic heterocycles. The van der Waals surface area contributed by atoms with E-state index in [9.17, 15) is 18.0 Å². The average molecular weight is 605 g/mol. The Hall–Kier alpha value is -3.07. The maximum absolute atomic E-state index is 14.1. The van der Waals surface area contributed by atoms with Crippen molar-refractivity contribution in [3.63, 3.8) is 0 Å². The highest BCUT2D eigenvalue weighted by Crippen LogP contribution is 2.25. The predicted octanol–water partition coefficient (Wildman–Crippen LogP) is 5.49. The summed E-state index contributed by atoms with van der Waals surface area (Å²) in [6, 6.07) is 20.3. The summed E-state index contributed by atoms with van der Waals surface area (Å²) in [5.74, 6) is -0.874. The van der Waals surface area contributed by atoms with Crippen molar-refractivity contribution < 1.29 is 18.0 Å². The van der Waals surface area contributed by atoms with Gasteiger partial charge in [0, 0.05) is 19.0 Å². The second-order valence-electron chi connectivity index (χ2n) is 9.93. The topological polar surface area (TPSA) is 86.8 Å². The molecule has 0 heterocycles. The van der Waals surface area contributed by atoms with Gasteiger partial charge in [-0.3, -0.25) is 13.9 Å². The van der Waals surface area contributed by atoms with Gasteiger partial charge in [-0.2, -0.15) is 0 Å². The van der Waals surface area contributed by atoms with Crippen molar-refractivity contribution in [3.8, 4) is 0 Å². The lowest BCUT2D eigenvalue weighted by atomic mass is 10.0. The zero-order valence-corrected chi connectivity index (χ0v) is 25.4. The zero-order valence-electron chi connectivity index (χ0n) is 23.1. The number of hydrogen-bond acceptors (Lipinski definition) is 4. The van der Waals surface area contributed by atoms with Crippen molar-refractivity contribution >= 4 is 50.7 Å². The third-order valence-electron chi connectivity index (χ3n) is 6.35. The fourth-order valence-corrected chi connectivity index (χ4v) is 5.45. The van der Waals surface area contributed by atoms with Gasteiger partial charge in [0.1, 0.15) is 12.6 Å². The highest BCUT2D eigenvalue weighted by molar-refractivity contribution is 7.92. The van der Waals surface area contributed by atoms with Crippen LogP contribution in [0.15, 0.2) is 72.8 Å². The van der Waals surface area contributed by atoms with E-state index in [1.807, 2.05) is 63.2 Å². The molecule has 0 radical (unpaired) electrons. The number of halogens is 2. The molecule has 0 fully saturated rings. The minimum absolute atomic E-state index is 0.0190. The van der Waals surface area contributed by atoms with Gasteiger partial charge in [-0.25, -0.2) is 8.42 Å². The first-order valence-corrected chi connectivity index (χ1v) is 15.6. The molecule has 7 nitrogen and oxygen atoms in total. The number of rotatable bonds is 12. The number of carbonyl (C=O) groups is 2. The fourth-order valence-electron chi connectivity index (χ4n) is 4.28. The molecule has 2 amide bonds. The number of aryl methyl sites for hydroxylation is 1. The Morgan fingerprint density at radius 2 is 1.50 bits per heavy atom. The molecule has 0 aromatic heterocycles. The molecule has 0 bridgehead atoms. The van der Waals surface area contributed by atoms with Gasteiger partial charge < -0.3 is 10.2 Å². The van der Waals surface area contributed by atoms with Crippen LogP contribution in [0, 0.1) is 0 Å². The van der Waals surface area contributed by atoms with E-state index >= 15 is 0 Å². The Bertz CT molecular complexity index is 1410. The van der Waals surface area contributed by atoms with Gasteiger partial charge >= 0.3 is 0 Å². The SMILES string of the molecule is CCc1ccc(N(CC(=O)N(Cc2ccc(Cl)c(Cl)c2)C(Cc2ccccc2)C(=O)NC(C)C)S(C)(=O)=O)cc1. The summed E-state index contributed by atoms with van der Waals surface area (Å²) in [4.78, 5) is 29.0. The number of nitrogens with one attached hydrogen (secondary N) is 1. The Labute approximate surface area is 247 Å². The van der Waals surface area contributed by atoms with Gasteiger partial charge in [0.2, 0.25) is 21.8 Å². The summed E-state index contributed by atoms with van der Waals surface area (Å²) >= 11 is 12.4. The number of benzene rings is 3. The van der Waals surface area contributed by atoms with E-state index in [4.69, 9.17) is 23.2 Å². The normalized spacial score (nSPS) is 12.2. The van der Waals surface area contributed by atoms with Crippen molar-refractivity contribution in [2.24, 2.45) is 0 Å². The minimum Gasteiger partial charge on any atom is -0.352 e. The van der Waals surface area contributed by atoms with E-state index in [2.05, 4.69) is 5.32 Å². The van der Waals surface area contributed by atoms with E-state index in [-0.39, 0.29) is 24.9 Å². The number of hydrogen-bond donors (Lipinski definition) is 1. The second kappa shape index (κ2) is 14.0. The smallest absolute Gasteiger partial charge is 0.244 e. The lowest BCUT2D eigenvalue weighted by Crippen LogP contribution is -2.54. The van der Waals surface area contributed by atoms with Gasteiger partial charge in [-0.05, 0) is 61.2 Å². The molecule has 3 rings (SSSR count). The zero-order chi connectivity index (χ0) is 29.4. The lowest BCUT2D eigenvalue weighted by Gasteiger charge is -2.34. The number of anilines is 1. The van der Waals surface area contributed by atoms with E-state index in [0.29, 0.717) is 21.3 Å². The van der Waals surface area contributed by atoms with Crippen molar-refractivity contribution in [1.29, 1.82) is 0 Å². The van der Waals surface area contributed by atoms with Gasteiger partial charge in [-0.1, -0.05) is 78.7 Å². The van der Waals surface area contributed by atoms with Gasteiger partial charge in [-0.15, -0.1) is 0 Å². The largest absolute Gasteiger partial charge is 0.352 e. The first-order valence-electron chi connectivity index (χ1n) is 13.0. The van der Waals surface area contributed by atoms with Crippen LogP contribution in [0.3, 0.4) is 0 Å². The maximum Gasteiger partial charge on any atom is 0.244 e. The molecule has 0 aliphatic rings. The molecule has 1 atom stereocenters. The summed E-state index contributed by atoms with van der Waals surface area (Å²) in [6.07, 6.45) is 2.09. The average Bonchev–Trinajstić information content (AvgIpc) is 2.90. The van der Waals surface area contributed by atoms with Crippen LogP contribution < -0.4 is 9.62 Å². The summed E-state index contributed by atoms with van der Waals surface area (Å²) in [5.41, 5.74) is 2.91. The van der Waals surface area contributed by atoms with Crippen LogP contribution in [-0.2, 0) is 39.0 Å². The number of sulfonamides is 1. The van der Waals surface area contributed by atoms with Crippen LogP contribution in [0.1, 0.15) is 37.5 Å². The van der Waals surface area contributed by atoms with Crippen molar-refractivity contribution in [2.75, 3.05) is 17.1 Å². The van der Waals surface area contributed by atoms with E-state index in [1.165, 1.54) is 4.90 Å². The molecule has 10 heteroatoms. The van der Waals surface area contributed by atoms with Gasteiger partial charge in [0.05, 0.1) is 22.0 Å². The first-order chi connectivity index (χ1) is 18.9. The molecule has 0 saturated carbocycles. The van der Waals surface area contributed by atoms with Gasteiger partial charge in [0.15, 0.2) is 0 Å². The third-order valence-corrected chi connectivity index (χ3v) is 8.23. The molecular weight excluding hydrogens is 569 g/mol. The molecular formula is C30H35Cl2N3O4S. The van der Waals surface area contributed by atoms with Crippen molar-refractivity contribution in [1.82, 2.24) is 10.2 Å². The van der Waals surface area contributed by atoms with E-state index in [1.54, 1.807) is 30.3 Å². The summed E-state index contributed by atoms with van der Waals surface area (Å²) in [5, 5.41) is 3.59. The Morgan fingerprint density at radius 3 is 2.05 bits per heavy atom. The Balaban J connectivity index is 2.06. The summed E-state index contributed by atoms with van der Waals surface area (Å²) < 4.78 is 26.8. The molecule has 1 N–H and O–H groups in total. The Morgan fingerprint density at radius 1 is 0.875 bits per heavy atom. The number of amides is 2. The molecule has 0 saturated heterocycles. The molecule has 214 valence electrons. The highest BCUT2D eigenvalue weighted by atomic mass is 35.5. The molecule has 3 aromatic rings. The second-order valence-corrected chi connectivity index (χ2v) is 12.6. The van der Waals surface area contributed by atoms with Crippen LogP contribution in [0.25, 0.3) is 0 Å². The summed E-state index contributed by atoms with van der Waals surface area (Å²) in [7, 11) is -3.83. The number of nitrogens with zero attached hydrogens (tertiary/aromatic N) is 2. The standard InChI is InChI=1S/C30H35Cl2N3O4S/c1-5-22-11-14-25(15-12-22)35(40(4,38)39)20-29(36)34(19-24-13-16-26(31)27(32)17-24)28(30(37)33-21(2)3)18-23-9-7-6-8-10-23/h6-17,21,28H,5,18-20H2,1-4H3,(H,33,37). The first kappa shape index (κ1) is 31.5. The quantitative estimate of drug-likeness (QED) is 0.297. The van der Waals surface area contributed by atoms with E-state index in [0.717, 1.165) is 28.1 Å². The van der Waals surface area contributed by atoms with Crippen LogP contribution >= 0.6 is 23.2 Å². The Kier molecular flexibility index (Phi) is 11.0. The maximum atomic E-state index is 14.1. The lowest BCUT2D eigenvalue weighted by molar-refractivity contribution is -0.140. The third kappa shape index (κ3) is 8.71. The highest BCUT2D eigenvalue weighted by Gasteiger charge is 2.33. The fraction of sp³-hybridized carbons (Fsp3) is 0.333. The predicted molar refractivity (Wildman–Crippen MR) is 162 cm³/mol. The van der Waals surface area contributed by atoms with Crippen LogP contribution in [-0.4, -0.2) is 50.0 Å². The molecule has 0 aliphatic carbocycles. The van der Waals surface area contributed by atoms with Crippen molar-refractivity contribution in [2.45, 2.75) is 52.2 Å². The minimum atomic E-state index is -3.83. The van der Waals surface area contributed by atoms with Crippen LogP contribution in [0.5, 0.6) is 0 Å². The van der Waals surface area contributed by atoms with Crippen molar-refractivity contribution in [3.05, 3.63) is 99.5 Å². The molecule has 1 unspecified atom stereocenters. The van der Waals surface area contributed by atoms with Crippen LogP contribution in [0.2, 0.25) is 10.0 Å². The molecule has 0 spiro atoms. The molecule has 40 heavy (non-hydrogen) atoms. The number of carbonyl (C=O) groups excluding carboxylic acids is 2. The van der Waals surface area contributed by atoms with Gasteiger partial charge in [0.25, 0.3) is 0 Å². The molecule has 3 aromatic carbocycles.